The molecule has 0 aliphatic rings. The molecule has 8 nitrogen and oxygen atoms in total. The lowest BCUT2D eigenvalue weighted by atomic mass is 10.1. The second-order valence-electron chi connectivity index (χ2n) is 5.38. The number of nitro groups is 1. The van der Waals surface area contributed by atoms with Gasteiger partial charge in [0.25, 0.3) is 5.69 Å². The number of nitrogens with zero attached hydrogens (tertiary/aromatic N) is 1. The lowest BCUT2D eigenvalue weighted by Gasteiger charge is -2.12. The first-order chi connectivity index (χ1) is 10.9. The average molecular weight is 319 g/mol. The number of H-pyrrole nitrogens is 1. The fourth-order valence-corrected chi connectivity index (χ4v) is 2.34. The predicted octanol–water partition coefficient (Wildman–Crippen LogP) is 1.99. The molecule has 0 aliphatic heterocycles. The van der Waals surface area contributed by atoms with E-state index in [1.807, 2.05) is 0 Å². The molecule has 1 aromatic heterocycles. The van der Waals surface area contributed by atoms with Crippen molar-refractivity contribution in [1.29, 1.82) is 0 Å². The number of nitrogens with one attached hydrogen (secondary N) is 2. The summed E-state index contributed by atoms with van der Waals surface area (Å²) in [6.07, 6.45) is 2.05. The van der Waals surface area contributed by atoms with E-state index in [2.05, 4.69) is 10.3 Å². The summed E-state index contributed by atoms with van der Waals surface area (Å²) in [6, 6.07) is 4.18. The largest absolute Gasteiger partial charge is 0.481 e. The highest BCUT2D eigenvalue weighted by atomic mass is 16.6. The molecule has 1 aromatic carbocycles. The standard InChI is InChI=1S/C15H17N3O5/c1-9(2-5-15(20)21)17-14(19)6-10-8-16-13-4-3-11(18(22)23)7-12(10)13/h3-4,7-9,16H,2,5-6H2,1H3,(H,17,19)(H,20,21). The van der Waals surface area contributed by atoms with Gasteiger partial charge in [-0.2, -0.15) is 0 Å². The van der Waals surface area contributed by atoms with E-state index in [1.165, 1.54) is 12.1 Å². The number of aromatic nitrogens is 1. The smallest absolute Gasteiger partial charge is 0.303 e. The van der Waals surface area contributed by atoms with Gasteiger partial charge < -0.3 is 15.4 Å². The maximum absolute atomic E-state index is 12.0. The number of hydrogen-bond acceptors (Lipinski definition) is 4. The molecule has 1 atom stereocenters. The normalized spacial score (nSPS) is 12.0. The van der Waals surface area contributed by atoms with Gasteiger partial charge in [0.1, 0.15) is 0 Å². The van der Waals surface area contributed by atoms with E-state index in [0.717, 1.165) is 5.52 Å². The van der Waals surface area contributed by atoms with Crippen LogP contribution in [0.4, 0.5) is 5.69 Å². The Kier molecular flexibility index (Phi) is 4.95. The molecule has 0 radical (unpaired) electrons. The number of carbonyl (C=O) groups is 2. The van der Waals surface area contributed by atoms with Crippen LogP contribution >= 0.6 is 0 Å². The maximum Gasteiger partial charge on any atom is 0.303 e. The molecule has 0 saturated heterocycles. The van der Waals surface area contributed by atoms with E-state index >= 15 is 0 Å². The summed E-state index contributed by atoms with van der Waals surface area (Å²) in [6.45, 7) is 1.74. The van der Waals surface area contributed by atoms with Gasteiger partial charge in [0, 0.05) is 41.7 Å². The van der Waals surface area contributed by atoms with Crippen LogP contribution in [0.15, 0.2) is 24.4 Å². The number of benzene rings is 1. The number of carbonyl (C=O) groups excluding carboxylic acids is 1. The minimum atomic E-state index is -0.907. The molecular weight excluding hydrogens is 302 g/mol. The van der Waals surface area contributed by atoms with Crippen molar-refractivity contribution in [2.24, 2.45) is 0 Å². The molecular formula is C15H17N3O5. The number of nitro benzene ring substituents is 1. The third-order valence-electron chi connectivity index (χ3n) is 3.51. The zero-order chi connectivity index (χ0) is 17.0. The van der Waals surface area contributed by atoms with Crippen LogP contribution < -0.4 is 5.32 Å². The Bertz CT molecular complexity index is 753. The minimum absolute atomic E-state index is 0.0132. The first kappa shape index (κ1) is 16.5. The number of aliphatic carboxylic acids is 1. The van der Waals surface area contributed by atoms with Gasteiger partial charge in [-0.1, -0.05) is 0 Å². The van der Waals surface area contributed by atoms with Gasteiger partial charge in [-0.05, 0) is 25.0 Å². The van der Waals surface area contributed by atoms with Gasteiger partial charge in [-0.15, -0.1) is 0 Å². The third-order valence-corrected chi connectivity index (χ3v) is 3.51. The topological polar surface area (TPSA) is 125 Å². The minimum Gasteiger partial charge on any atom is -0.481 e. The predicted molar refractivity (Wildman–Crippen MR) is 83.1 cm³/mol. The summed E-state index contributed by atoms with van der Waals surface area (Å²) >= 11 is 0. The second-order valence-corrected chi connectivity index (χ2v) is 5.38. The fraction of sp³-hybridized carbons (Fsp3) is 0.333. The Morgan fingerprint density at radius 3 is 2.83 bits per heavy atom. The summed E-state index contributed by atoms with van der Waals surface area (Å²) in [5, 5.41) is 22.8. The van der Waals surface area contributed by atoms with Gasteiger partial charge in [0.05, 0.1) is 11.3 Å². The highest BCUT2D eigenvalue weighted by Crippen LogP contribution is 2.24. The van der Waals surface area contributed by atoms with Crippen molar-refractivity contribution in [3.8, 4) is 0 Å². The summed E-state index contributed by atoms with van der Waals surface area (Å²) < 4.78 is 0. The Morgan fingerprint density at radius 2 is 2.17 bits per heavy atom. The molecule has 0 saturated carbocycles. The zero-order valence-corrected chi connectivity index (χ0v) is 12.5. The average Bonchev–Trinajstić information content (AvgIpc) is 2.87. The molecule has 23 heavy (non-hydrogen) atoms. The number of rotatable bonds is 7. The molecule has 1 unspecified atom stereocenters. The first-order valence-corrected chi connectivity index (χ1v) is 7.12. The molecule has 2 rings (SSSR count). The zero-order valence-electron chi connectivity index (χ0n) is 12.5. The number of non-ortho nitro benzene ring substituents is 1. The van der Waals surface area contributed by atoms with E-state index in [4.69, 9.17) is 5.11 Å². The monoisotopic (exact) mass is 319 g/mol. The summed E-state index contributed by atoms with van der Waals surface area (Å²) in [5.41, 5.74) is 1.34. The Morgan fingerprint density at radius 1 is 1.43 bits per heavy atom. The lowest BCUT2D eigenvalue weighted by Crippen LogP contribution is -2.34. The van der Waals surface area contributed by atoms with Crippen molar-refractivity contribution in [3.63, 3.8) is 0 Å². The SMILES string of the molecule is CC(CCC(=O)O)NC(=O)Cc1c[nH]c2ccc([N+](=O)[O-])cc12. The molecule has 1 heterocycles. The maximum atomic E-state index is 12.0. The van der Waals surface area contributed by atoms with Gasteiger partial charge in [0.2, 0.25) is 5.91 Å². The quantitative estimate of drug-likeness (QED) is 0.531. The van der Waals surface area contributed by atoms with Gasteiger partial charge in [-0.25, -0.2) is 0 Å². The summed E-state index contributed by atoms with van der Waals surface area (Å²) in [5.74, 6) is -1.16. The van der Waals surface area contributed by atoms with Crippen molar-refractivity contribution < 1.29 is 19.6 Å². The lowest BCUT2D eigenvalue weighted by molar-refractivity contribution is -0.384. The highest BCUT2D eigenvalue weighted by molar-refractivity contribution is 5.90. The Labute approximate surface area is 131 Å². The van der Waals surface area contributed by atoms with Crippen LogP contribution in [0, 0.1) is 10.1 Å². The number of hydrogen-bond donors (Lipinski definition) is 3. The molecule has 8 heteroatoms. The van der Waals surface area contributed by atoms with E-state index in [1.54, 1.807) is 19.2 Å². The van der Waals surface area contributed by atoms with E-state index in [0.29, 0.717) is 17.4 Å². The van der Waals surface area contributed by atoms with E-state index in [9.17, 15) is 19.7 Å². The molecule has 0 fully saturated rings. The number of carboxylic acids is 1. The molecule has 122 valence electrons. The van der Waals surface area contributed by atoms with Gasteiger partial charge >= 0.3 is 5.97 Å². The van der Waals surface area contributed by atoms with Crippen molar-refractivity contribution >= 4 is 28.5 Å². The summed E-state index contributed by atoms with van der Waals surface area (Å²) in [4.78, 5) is 35.9. The van der Waals surface area contributed by atoms with E-state index < -0.39 is 10.9 Å². The van der Waals surface area contributed by atoms with Crippen LogP contribution in [-0.4, -0.2) is 32.9 Å². The number of aromatic amines is 1. The van der Waals surface area contributed by atoms with Crippen molar-refractivity contribution in [2.75, 3.05) is 0 Å². The first-order valence-electron chi connectivity index (χ1n) is 7.12. The number of amides is 1. The molecule has 0 aliphatic carbocycles. The molecule has 3 N–H and O–H groups in total. The molecule has 1 amide bonds. The Hall–Kier alpha value is -2.90. The second kappa shape index (κ2) is 6.91. The Balaban J connectivity index is 2.06. The summed E-state index contributed by atoms with van der Waals surface area (Å²) in [7, 11) is 0. The van der Waals surface area contributed by atoms with Crippen LogP contribution in [0.5, 0.6) is 0 Å². The van der Waals surface area contributed by atoms with Crippen LogP contribution in [0.1, 0.15) is 25.3 Å². The van der Waals surface area contributed by atoms with Crippen molar-refractivity contribution in [1.82, 2.24) is 10.3 Å². The van der Waals surface area contributed by atoms with Crippen molar-refractivity contribution in [3.05, 3.63) is 40.1 Å². The number of carboxylic acid groups (broad SMARTS) is 1. The van der Waals surface area contributed by atoms with Crippen LogP contribution in [0.3, 0.4) is 0 Å². The van der Waals surface area contributed by atoms with Gasteiger partial charge in [0.15, 0.2) is 0 Å². The van der Waals surface area contributed by atoms with Crippen LogP contribution in [0.2, 0.25) is 0 Å². The highest BCUT2D eigenvalue weighted by Gasteiger charge is 2.14. The van der Waals surface area contributed by atoms with Crippen LogP contribution in [-0.2, 0) is 16.0 Å². The molecule has 0 bridgehead atoms. The van der Waals surface area contributed by atoms with E-state index in [-0.39, 0.29) is 30.5 Å². The fourth-order valence-electron chi connectivity index (χ4n) is 2.34. The van der Waals surface area contributed by atoms with Gasteiger partial charge in [-0.3, -0.25) is 19.7 Å². The molecule has 2 aromatic rings. The number of fused-ring (bicyclic) bond motifs is 1. The van der Waals surface area contributed by atoms with Crippen molar-refractivity contribution in [2.45, 2.75) is 32.2 Å². The molecule has 0 spiro atoms. The van der Waals surface area contributed by atoms with Crippen LogP contribution in [0.25, 0.3) is 10.9 Å². The third kappa shape index (κ3) is 4.29.